The Hall–Kier alpha value is -2.80. The summed E-state index contributed by atoms with van der Waals surface area (Å²) in [7, 11) is 0. The van der Waals surface area contributed by atoms with E-state index in [2.05, 4.69) is 10.3 Å². The maximum atomic E-state index is 13.2. The van der Waals surface area contributed by atoms with E-state index >= 15 is 0 Å². The predicted octanol–water partition coefficient (Wildman–Crippen LogP) is 4.12. The van der Waals surface area contributed by atoms with E-state index < -0.39 is 0 Å². The Balaban J connectivity index is 1.69. The zero-order valence-corrected chi connectivity index (χ0v) is 18.3. The molecule has 1 saturated heterocycles. The van der Waals surface area contributed by atoms with Gasteiger partial charge in [-0.2, -0.15) is 0 Å². The molecule has 0 aliphatic carbocycles. The molecule has 2 N–H and O–H groups in total. The van der Waals surface area contributed by atoms with Crippen molar-refractivity contribution in [1.29, 1.82) is 0 Å². The van der Waals surface area contributed by atoms with Gasteiger partial charge >= 0.3 is 6.03 Å². The monoisotopic (exact) mass is 430 g/mol. The Morgan fingerprint density at radius 2 is 1.83 bits per heavy atom. The molecule has 0 saturated carbocycles. The van der Waals surface area contributed by atoms with Crippen LogP contribution in [0.4, 0.5) is 10.5 Å². The minimum absolute atomic E-state index is 0.0422. The van der Waals surface area contributed by atoms with Crippen LogP contribution in [0.1, 0.15) is 52.4 Å². The number of aromatic nitrogens is 1. The molecular formula is C22H27ClN4O3. The maximum absolute atomic E-state index is 13.2. The first-order valence-electron chi connectivity index (χ1n) is 10.1. The van der Waals surface area contributed by atoms with Crippen molar-refractivity contribution in [2.45, 2.75) is 33.6 Å². The fourth-order valence-electron chi connectivity index (χ4n) is 3.94. The quantitative estimate of drug-likeness (QED) is 0.715. The van der Waals surface area contributed by atoms with Crippen molar-refractivity contribution in [3.05, 3.63) is 51.8 Å². The molecule has 2 aromatic rings. The number of H-pyrrole nitrogens is 1. The fourth-order valence-corrected chi connectivity index (χ4v) is 4.13. The average Bonchev–Trinajstić information content (AvgIpc) is 2.87. The molecule has 0 atom stereocenters. The standard InChI is InChI=1S/C22H27ClN4O3/c1-4-18-19(15(3)28)14(2)24-20(18)21(29)26-9-6-10-27(12-11-26)22(30)25-17-8-5-7-16(23)13-17/h5,7-8,13,24H,4,6,9-12H2,1-3H3,(H,25,30). The highest BCUT2D eigenvalue weighted by atomic mass is 35.5. The lowest BCUT2D eigenvalue weighted by Gasteiger charge is -2.22. The number of carbonyl (C=O) groups excluding carboxylic acids is 3. The van der Waals surface area contributed by atoms with Crippen LogP contribution in [0.5, 0.6) is 0 Å². The van der Waals surface area contributed by atoms with Crippen molar-refractivity contribution in [1.82, 2.24) is 14.8 Å². The van der Waals surface area contributed by atoms with Crippen LogP contribution in [0.25, 0.3) is 0 Å². The molecule has 0 spiro atoms. The first-order valence-corrected chi connectivity index (χ1v) is 10.5. The molecule has 1 aliphatic heterocycles. The van der Waals surface area contributed by atoms with Crippen LogP contribution < -0.4 is 5.32 Å². The number of rotatable bonds is 4. The van der Waals surface area contributed by atoms with Crippen LogP contribution in [0, 0.1) is 6.92 Å². The van der Waals surface area contributed by atoms with Crippen LogP contribution in [0.3, 0.4) is 0 Å². The SMILES string of the molecule is CCc1c(C(=O)N2CCCN(C(=O)Nc3cccc(Cl)c3)CC2)[nH]c(C)c1C(C)=O. The van der Waals surface area contributed by atoms with Gasteiger partial charge in [-0.05, 0) is 50.5 Å². The van der Waals surface area contributed by atoms with Crippen LogP contribution >= 0.6 is 11.6 Å². The van der Waals surface area contributed by atoms with E-state index in [-0.39, 0.29) is 17.7 Å². The number of anilines is 1. The highest BCUT2D eigenvalue weighted by Gasteiger charge is 2.27. The van der Waals surface area contributed by atoms with E-state index in [1.807, 2.05) is 13.8 Å². The van der Waals surface area contributed by atoms with E-state index in [0.717, 1.165) is 11.3 Å². The number of hydrogen-bond acceptors (Lipinski definition) is 3. The minimum atomic E-state index is -0.213. The van der Waals surface area contributed by atoms with Crippen LogP contribution in [-0.2, 0) is 6.42 Å². The highest BCUT2D eigenvalue weighted by molar-refractivity contribution is 6.30. The third-order valence-electron chi connectivity index (χ3n) is 5.36. The number of amides is 3. The predicted molar refractivity (Wildman–Crippen MR) is 117 cm³/mol. The van der Waals surface area contributed by atoms with Gasteiger partial charge in [0, 0.05) is 48.1 Å². The number of Topliss-reactive ketones (excluding diaryl/α,β-unsaturated/α-hetero) is 1. The summed E-state index contributed by atoms with van der Waals surface area (Å²) < 4.78 is 0. The third kappa shape index (κ3) is 4.67. The first kappa shape index (κ1) is 21.9. The Bertz CT molecular complexity index is 969. The number of aromatic amines is 1. The number of ketones is 1. The lowest BCUT2D eigenvalue weighted by Crippen LogP contribution is -2.39. The van der Waals surface area contributed by atoms with Gasteiger partial charge in [-0.3, -0.25) is 9.59 Å². The van der Waals surface area contributed by atoms with E-state index in [9.17, 15) is 14.4 Å². The molecule has 3 amide bonds. The number of nitrogens with zero attached hydrogens (tertiary/aromatic N) is 2. The topological polar surface area (TPSA) is 85.5 Å². The van der Waals surface area contributed by atoms with Crippen molar-refractivity contribution < 1.29 is 14.4 Å². The molecule has 1 aromatic carbocycles. The summed E-state index contributed by atoms with van der Waals surface area (Å²) >= 11 is 5.98. The van der Waals surface area contributed by atoms with Gasteiger partial charge in [0.15, 0.2) is 5.78 Å². The average molecular weight is 431 g/mol. The van der Waals surface area contributed by atoms with Crippen molar-refractivity contribution in [2.75, 3.05) is 31.5 Å². The number of carbonyl (C=O) groups is 3. The zero-order chi connectivity index (χ0) is 21.8. The molecule has 8 heteroatoms. The van der Waals surface area contributed by atoms with Gasteiger partial charge < -0.3 is 20.1 Å². The van der Waals surface area contributed by atoms with Crippen molar-refractivity contribution in [2.24, 2.45) is 0 Å². The lowest BCUT2D eigenvalue weighted by atomic mass is 10.0. The molecule has 0 radical (unpaired) electrons. The van der Waals surface area contributed by atoms with E-state index in [1.165, 1.54) is 6.92 Å². The number of nitrogens with one attached hydrogen (secondary N) is 2. The summed E-state index contributed by atoms with van der Waals surface area (Å²) in [4.78, 5) is 44.4. The molecule has 0 unspecified atom stereocenters. The molecule has 1 aromatic heterocycles. The van der Waals surface area contributed by atoms with Gasteiger partial charge in [0.1, 0.15) is 5.69 Å². The van der Waals surface area contributed by atoms with Gasteiger partial charge in [0.25, 0.3) is 5.91 Å². The normalized spacial score (nSPS) is 14.4. The molecule has 1 fully saturated rings. The smallest absolute Gasteiger partial charge is 0.321 e. The molecule has 0 bridgehead atoms. The van der Waals surface area contributed by atoms with E-state index in [1.54, 1.807) is 34.1 Å². The Morgan fingerprint density at radius 1 is 1.13 bits per heavy atom. The molecule has 160 valence electrons. The van der Waals surface area contributed by atoms with Crippen LogP contribution in [0.2, 0.25) is 5.02 Å². The Labute approximate surface area is 181 Å². The summed E-state index contributed by atoms with van der Waals surface area (Å²) in [5.41, 5.74) is 3.22. The van der Waals surface area contributed by atoms with Gasteiger partial charge in [-0.1, -0.05) is 24.6 Å². The number of hydrogen-bond donors (Lipinski definition) is 2. The zero-order valence-electron chi connectivity index (χ0n) is 17.5. The second-order valence-electron chi connectivity index (χ2n) is 7.46. The van der Waals surface area contributed by atoms with Gasteiger partial charge in [-0.25, -0.2) is 4.79 Å². The maximum Gasteiger partial charge on any atom is 0.321 e. The summed E-state index contributed by atoms with van der Waals surface area (Å²) in [5.74, 6) is -0.168. The van der Waals surface area contributed by atoms with Crippen LogP contribution in [-0.4, -0.2) is 58.7 Å². The molecule has 7 nitrogen and oxygen atoms in total. The van der Waals surface area contributed by atoms with Crippen molar-refractivity contribution in [3.63, 3.8) is 0 Å². The minimum Gasteiger partial charge on any atom is -0.354 e. The third-order valence-corrected chi connectivity index (χ3v) is 5.59. The first-order chi connectivity index (χ1) is 14.3. The second-order valence-corrected chi connectivity index (χ2v) is 7.90. The largest absolute Gasteiger partial charge is 0.354 e. The molecular weight excluding hydrogens is 404 g/mol. The van der Waals surface area contributed by atoms with E-state index in [4.69, 9.17) is 11.6 Å². The van der Waals surface area contributed by atoms with Crippen molar-refractivity contribution >= 4 is 35.0 Å². The van der Waals surface area contributed by atoms with E-state index in [0.29, 0.717) is 61.0 Å². The number of urea groups is 1. The molecule has 1 aliphatic rings. The van der Waals surface area contributed by atoms with Crippen molar-refractivity contribution in [3.8, 4) is 0 Å². The second kappa shape index (κ2) is 9.34. The Kier molecular flexibility index (Phi) is 6.82. The van der Waals surface area contributed by atoms with Gasteiger partial charge in [0.2, 0.25) is 0 Å². The van der Waals surface area contributed by atoms with Gasteiger partial charge in [-0.15, -0.1) is 0 Å². The van der Waals surface area contributed by atoms with Gasteiger partial charge in [0.05, 0.1) is 0 Å². The Morgan fingerprint density at radius 3 is 2.50 bits per heavy atom. The summed E-state index contributed by atoms with van der Waals surface area (Å²) in [6.07, 6.45) is 1.28. The summed E-state index contributed by atoms with van der Waals surface area (Å²) in [6, 6.07) is 6.79. The number of aryl methyl sites for hydroxylation is 1. The lowest BCUT2D eigenvalue weighted by molar-refractivity contribution is 0.0756. The molecule has 30 heavy (non-hydrogen) atoms. The number of benzene rings is 1. The van der Waals surface area contributed by atoms with Crippen LogP contribution in [0.15, 0.2) is 24.3 Å². The molecule has 2 heterocycles. The molecule has 3 rings (SSSR count). The summed E-state index contributed by atoms with van der Waals surface area (Å²) in [6.45, 7) is 7.24. The highest BCUT2D eigenvalue weighted by Crippen LogP contribution is 2.22. The number of halogens is 1. The summed E-state index contributed by atoms with van der Waals surface area (Å²) in [5, 5.41) is 3.41. The fraction of sp³-hybridized carbons (Fsp3) is 0.409.